The first-order chi connectivity index (χ1) is 18.1. The molecule has 1 saturated carbocycles. The van der Waals surface area contributed by atoms with E-state index >= 15 is 0 Å². The van der Waals surface area contributed by atoms with Crippen LogP contribution in [0.5, 0.6) is 0 Å². The summed E-state index contributed by atoms with van der Waals surface area (Å²) in [6.45, 7) is 6.44. The van der Waals surface area contributed by atoms with Crippen molar-refractivity contribution in [1.29, 1.82) is 0 Å². The van der Waals surface area contributed by atoms with E-state index < -0.39 is 16.1 Å². The second-order valence-corrected chi connectivity index (χ2v) is 12.3. The van der Waals surface area contributed by atoms with Crippen LogP contribution in [0, 0.1) is 13.8 Å². The van der Waals surface area contributed by atoms with E-state index in [0.29, 0.717) is 31.5 Å². The monoisotopic (exact) mass is 541 g/mol. The molecule has 0 saturated heterocycles. The van der Waals surface area contributed by atoms with Crippen molar-refractivity contribution in [1.82, 2.24) is 10.2 Å². The maximum Gasteiger partial charge on any atom is 0.243 e. The Hall–Kier alpha value is -2.87. The van der Waals surface area contributed by atoms with Crippen LogP contribution in [0.2, 0.25) is 0 Å². The highest BCUT2D eigenvalue weighted by molar-refractivity contribution is 7.92. The minimum absolute atomic E-state index is 0.0889. The lowest BCUT2D eigenvalue weighted by Gasteiger charge is -2.32. The van der Waals surface area contributed by atoms with Crippen LogP contribution in [0.3, 0.4) is 0 Å². The predicted octanol–water partition coefficient (Wildman–Crippen LogP) is 4.76. The van der Waals surface area contributed by atoms with Crippen molar-refractivity contribution in [2.45, 2.75) is 84.2 Å². The van der Waals surface area contributed by atoms with Gasteiger partial charge in [-0.25, -0.2) is 8.42 Å². The van der Waals surface area contributed by atoms with Crippen LogP contribution in [0.25, 0.3) is 0 Å². The van der Waals surface area contributed by atoms with Gasteiger partial charge in [-0.05, 0) is 68.7 Å². The molecule has 0 aromatic heterocycles. The van der Waals surface area contributed by atoms with Gasteiger partial charge in [-0.1, -0.05) is 62.2 Å². The first kappa shape index (κ1) is 29.7. The van der Waals surface area contributed by atoms with Crippen LogP contribution in [0.15, 0.2) is 48.5 Å². The number of nitrogens with zero attached hydrogens (tertiary/aromatic N) is 2. The molecule has 1 N–H and O–H groups in total. The minimum Gasteiger partial charge on any atom is -0.352 e. The molecule has 208 valence electrons. The van der Waals surface area contributed by atoms with Gasteiger partial charge in [-0.3, -0.25) is 13.9 Å². The number of hydrogen-bond acceptors (Lipinski definition) is 4. The molecule has 1 atom stereocenters. The summed E-state index contributed by atoms with van der Waals surface area (Å²) in [5.74, 6) is -0.210. The maximum absolute atomic E-state index is 13.6. The second-order valence-electron chi connectivity index (χ2n) is 10.4. The van der Waals surface area contributed by atoms with Gasteiger partial charge in [-0.2, -0.15) is 0 Å². The van der Waals surface area contributed by atoms with Gasteiger partial charge in [0.25, 0.3) is 0 Å². The summed E-state index contributed by atoms with van der Waals surface area (Å²) in [6.07, 6.45) is 7.11. The van der Waals surface area contributed by atoms with Crippen LogP contribution < -0.4 is 9.62 Å². The molecule has 1 aliphatic carbocycles. The number of aryl methyl sites for hydroxylation is 1. The molecule has 38 heavy (non-hydrogen) atoms. The van der Waals surface area contributed by atoms with E-state index in [1.165, 1.54) is 10.6 Å². The summed E-state index contributed by atoms with van der Waals surface area (Å²) in [5.41, 5.74) is 3.67. The first-order valence-electron chi connectivity index (χ1n) is 13.8. The standard InChI is InChI=1S/C30H43N3O4S/c1-5-27(30(35)31-26-16-9-10-17-26)32(22-20-25-14-7-6-8-15-25)29(34)19-12-21-33(38(4,36)37)28-18-11-13-23(2)24(28)3/h6-8,11,13-15,18,26-27H,5,9-10,12,16-17,19-22H2,1-4H3,(H,31,35)/t27-/m1/s1. The molecule has 2 aromatic rings. The lowest BCUT2D eigenvalue weighted by atomic mass is 10.1. The smallest absolute Gasteiger partial charge is 0.243 e. The summed E-state index contributed by atoms with van der Waals surface area (Å²) in [7, 11) is -3.53. The van der Waals surface area contributed by atoms with E-state index in [-0.39, 0.29) is 30.8 Å². The van der Waals surface area contributed by atoms with Crippen LogP contribution in [0.1, 0.15) is 68.6 Å². The molecule has 2 amide bonds. The zero-order chi connectivity index (χ0) is 27.7. The molecule has 0 radical (unpaired) electrons. The Labute approximate surface area is 228 Å². The maximum atomic E-state index is 13.6. The van der Waals surface area contributed by atoms with Gasteiger partial charge in [0, 0.05) is 25.6 Å². The second kappa shape index (κ2) is 13.8. The van der Waals surface area contributed by atoms with E-state index in [4.69, 9.17) is 0 Å². The Morgan fingerprint density at radius 1 is 1.00 bits per heavy atom. The Morgan fingerprint density at radius 3 is 2.32 bits per heavy atom. The zero-order valence-electron chi connectivity index (χ0n) is 23.3. The molecule has 8 heteroatoms. The minimum atomic E-state index is -3.53. The summed E-state index contributed by atoms with van der Waals surface area (Å²) in [5, 5.41) is 3.17. The molecular formula is C30H43N3O4S. The fourth-order valence-corrected chi connectivity index (χ4v) is 6.27. The van der Waals surface area contributed by atoms with Crippen LogP contribution in [-0.4, -0.2) is 56.6 Å². The SMILES string of the molecule is CC[C@H](C(=O)NC1CCCC1)N(CCc1ccccc1)C(=O)CCCN(c1cccc(C)c1C)S(C)(=O)=O. The number of hydrogen-bond donors (Lipinski definition) is 1. The highest BCUT2D eigenvalue weighted by atomic mass is 32.2. The Morgan fingerprint density at radius 2 is 1.68 bits per heavy atom. The van der Waals surface area contributed by atoms with Gasteiger partial charge >= 0.3 is 0 Å². The van der Waals surface area contributed by atoms with E-state index in [0.717, 1.165) is 42.4 Å². The van der Waals surface area contributed by atoms with Crippen molar-refractivity contribution < 1.29 is 18.0 Å². The number of benzene rings is 2. The highest BCUT2D eigenvalue weighted by Gasteiger charge is 2.30. The molecule has 1 fully saturated rings. The summed E-state index contributed by atoms with van der Waals surface area (Å²) < 4.78 is 26.7. The molecule has 0 spiro atoms. The van der Waals surface area contributed by atoms with Crippen LogP contribution >= 0.6 is 0 Å². The fourth-order valence-electron chi connectivity index (χ4n) is 5.25. The normalized spacial score (nSPS) is 14.7. The van der Waals surface area contributed by atoms with Crippen molar-refractivity contribution in [2.75, 3.05) is 23.7 Å². The average Bonchev–Trinajstić information content (AvgIpc) is 3.39. The van der Waals surface area contributed by atoms with Crippen LogP contribution in [-0.2, 0) is 26.0 Å². The van der Waals surface area contributed by atoms with Gasteiger partial charge in [0.1, 0.15) is 6.04 Å². The van der Waals surface area contributed by atoms with Gasteiger partial charge in [0.05, 0.1) is 11.9 Å². The molecule has 0 unspecified atom stereocenters. The average molecular weight is 542 g/mol. The zero-order valence-corrected chi connectivity index (χ0v) is 24.1. The van der Waals surface area contributed by atoms with Crippen molar-refractivity contribution in [3.05, 3.63) is 65.2 Å². The van der Waals surface area contributed by atoms with Gasteiger partial charge < -0.3 is 10.2 Å². The van der Waals surface area contributed by atoms with Crippen LogP contribution in [0.4, 0.5) is 5.69 Å². The van der Waals surface area contributed by atoms with Gasteiger partial charge in [0.15, 0.2) is 0 Å². The lowest BCUT2D eigenvalue weighted by Crippen LogP contribution is -2.52. The Bertz CT molecular complexity index is 1180. The van der Waals surface area contributed by atoms with E-state index in [1.54, 1.807) is 11.0 Å². The lowest BCUT2D eigenvalue weighted by molar-refractivity contribution is -0.141. The third-order valence-electron chi connectivity index (χ3n) is 7.57. The van der Waals surface area contributed by atoms with Crippen molar-refractivity contribution >= 4 is 27.5 Å². The molecule has 3 rings (SSSR count). The summed E-state index contributed by atoms with van der Waals surface area (Å²) in [4.78, 5) is 28.5. The Kier molecular flexibility index (Phi) is 10.8. The summed E-state index contributed by atoms with van der Waals surface area (Å²) >= 11 is 0. The number of anilines is 1. The third-order valence-corrected chi connectivity index (χ3v) is 8.75. The van der Waals surface area contributed by atoms with E-state index in [9.17, 15) is 18.0 Å². The molecule has 7 nitrogen and oxygen atoms in total. The number of amides is 2. The molecule has 2 aromatic carbocycles. The molecule has 0 aliphatic heterocycles. The topological polar surface area (TPSA) is 86.8 Å². The molecule has 1 aliphatic rings. The predicted molar refractivity (Wildman–Crippen MR) is 154 cm³/mol. The number of nitrogens with one attached hydrogen (secondary N) is 1. The molecular weight excluding hydrogens is 498 g/mol. The van der Waals surface area contributed by atoms with E-state index in [1.807, 2.05) is 63.2 Å². The number of rotatable bonds is 13. The first-order valence-corrected chi connectivity index (χ1v) is 15.6. The van der Waals surface area contributed by atoms with Gasteiger partial charge in [-0.15, -0.1) is 0 Å². The van der Waals surface area contributed by atoms with Gasteiger partial charge in [0.2, 0.25) is 21.8 Å². The van der Waals surface area contributed by atoms with Crippen molar-refractivity contribution in [2.24, 2.45) is 0 Å². The molecule has 0 heterocycles. The Balaban J connectivity index is 1.73. The largest absolute Gasteiger partial charge is 0.352 e. The third kappa shape index (κ3) is 8.06. The van der Waals surface area contributed by atoms with Crippen molar-refractivity contribution in [3.8, 4) is 0 Å². The van der Waals surface area contributed by atoms with Crippen molar-refractivity contribution in [3.63, 3.8) is 0 Å². The molecule has 0 bridgehead atoms. The quantitative estimate of drug-likeness (QED) is 0.396. The number of sulfonamides is 1. The van der Waals surface area contributed by atoms with E-state index in [2.05, 4.69) is 5.32 Å². The number of carbonyl (C=O) groups excluding carboxylic acids is 2. The summed E-state index contributed by atoms with van der Waals surface area (Å²) in [6, 6.07) is 15.2. The highest BCUT2D eigenvalue weighted by Crippen LogP contribution is 2.25. The fraction of sp³-hybridized carbons (Fsp3) is 0.533. The number of carbonyl (C=O) groups is 2.